The quantitative estimate of drug-likeness (QED) is 0.882. The number of likely N-dealkylation sites (tertiary alicyclic amines) is 1. The summed E-state index contributed by atoms with van der Waals surface area (Å²) >= 11 is 0. The second kappa shape index (κ2) is 5.83. The molecule has 1 saturated heterocycles. The van der Waals surface area contributed by atoms with Crippen LogP contribution in [0.25, 0.3) is 0 Å². The van der Waals surface area contributed by atoms with Crippen LogP contribution in [0.2, 0.25) is 0 Å². The van der Waals surface area contributed by atoms with Crippen LogP contribution in [-0.4, -0.2) is 41.7 Å². The predicted octanol–water partition coefficient (Wildman–Crippen LogP) is 1.72. The zero-order valence-electron chi connectivity index (χ0n) is 11.7. The van der Waals surface area contributed by atoms with Gasteiger partial charge in [0.15, 0.2) is 0 Å². The number of benzene rings is 1. The van der Waals surface area contributed by atoms with Crippen molar-refractivity contribution in [2.24, 2.45) is 11.8 Å². The fourth-order valence-corrected chi connectivity index (χ4v) is 3.46. The number of carbonyl (C=O) groups excluding carboxylic acids is 1. The molecule has 1 saturated carbocycles. The van der Waals surface area contributed by atoms with Gasteiger partial charge in [0, 0.05) is 30.6 Å². The van der Waals surface area contributed by atoms with E-state index in [4.69, 9.17) is 0 Å². The minimum absolute atomic E-state index is 0.137. The van der Waals surface area contributed by atoms with Crippen LogP contribution in [-0.2, 0) is 4.79 Å². The lowest BCUT2D eigenvalue weighted by molar-refractivity contribution is -0.137. The monoisotopic (exact) mass is 274 g/mol. The third-order valence-corrected chi connectivity index (χ3v) is 4.60. The number of aliphatic hydroxyl groups excluding tert-OH is 1. The molecule has 1 unspecified atom stereocenters. The minimum atomic E-state index is -0.199. The first-order chi connectivity index (χ1) is 9.74. The Morgan fingerprint density at radius 1 is 1.20 bits per heavy atom. The molecule has 20 heavy (non-hydrogen) atoms. The maximum atomic E-state index is 12.3. The Morgan fingerprint density at radius 2 is 1.85 bits per heavy atom. The SMILES string of the molecule is O=C(CNc1ccccc1)N1C[C@H]2CCC[C@@H](C1)C2O. The summed E-state index contributed by atoms with van der Waals surface area (Å²) < 4.78 is 0. The van der Waals surface area contributed by atoms with Gasteiger partial charge in [-0.2, -0.15) is 0 Å². The molecule has 2 fully saturated rings. The largest absolute Gasteiger partial charge is 0.392 e. The van der Waals surface area contributed by atoms with E-state index >= 15 is 0 Å². The molecule has 1 aliphatic carbocycles. The van der Waals surface area contributed by atoms with Crippen molar-refractivity contribution in [1.82, 2.24) is 4.90 Å². The van der Waals surface area contributed by atoms with E-state index in [9.17, 15) is 9.90 Å². The van der Waals surface area contributed by atoms with Crippen molar-refractivity contribution >= 4 is 11.6 Å². The Balaban J connectivity index is 1.55. The highest BCUT2D eigenvalue weighted by molar-refractivity contribution is 5.81. The molecule has 4 heteroatoms. The van der Waals surface area contributed by atoms with Gasteiger partial charge in [-0.15, -0.1) is 0 Å². The number of fused-ring (bicyclic) bond motifs is 2. The van der Waals surface area contributed by atoms with Gasteiger partial charge in [0.05, 0.1) is 12.6 Å². The first kappa shape index (κ1) is 13.4. The summed E-state index contributed by atoms with van der Waals surface area (Å²) in [7, 11) is 0. The highest BCUT2D eigenvalue weighted by atomic mass is 16.3. The Morgan fingerprint density at radius 3 is 2.50 bits per heavy atom. The molecule has 2 bridgehead atoms. The van der Waals surface area contributed by atoms with Gasteiger partial charge in [-0.05, 0) is 25.0 Å². The van der Waals surface area contributed by atoms with Crippen molar-refractivity contribution in [1.29, 1.82) is 0 Å². The van der Waals surface area contributed by atoms with Gasteiger partial charge in [0.1, 0.15) is 0 Å². The van der Waals surface area contributed by atoms with Crippen LogP contribution >= 0.6 is 0 Å². The van der Waals surface area contributed by atoms with E-state index in [2.05, 4.69) is 5.32 Å². The summed E-state index contributed by atoms with van der Waals surface area (Å²) in [5.41, 5.74) is 0.970. The van der Waals surface area contributed by atoms with Gasteiger partial charge >= 0.3 is 0 Å². The van der Waals surface area contributed by atoms with Crippen LogP contribution in [0, 0.1) is 11.8 Å². The molecule has 1 amide bonds. The zero-order valence-corrected chi connectivity index (χ0v) is 11.7. The highest BCUT2D eigenvalue weighted by Crippen LogP contribution is 2.34. The molecule has 0 spiro atoms. The molecule has 1 aromatic carbocycles. The third-order valence-electron chi connectivity index (χ3n) is 4.60. The van der Waals surface area contributed by atoms with Crippen LogP contribution in [0.1, 0.15) is 19.3 Å². The number of hydrogen-bond donors (Lipinski definition) is 2. The lowest BCUT2D eigenvalue weighted by Crippen LogP contribution is -2.54. The molecule has 0 aromatic heterocycles. The van der Waals surface area contributed by atoms with E-state index in [1.54, 1.807) is 0 Å². The van der Waals surface area contributed by atoms with E-state index in [0.717, 1.165) is 18.5 Å². The smallest absolute Gasteiger partial charge is 0.241 e. The molecule has 0 radical (unpaired) electrons. The van der Waals surface area contributed by atoms with Crippen molar-refractivity contribution in [3.8, 4) is 0 Å². The maximum absolute atomic E-state index is 12.3. The summed E-state index contributed by atoms with van der Waals surface area (Å²) in [4.78, 5) is 14.2. The lowest BCUT2D eigenvalue weighted by Gasteiger charge is -2.45. The summed E-state index contributed by atoms with van der Waals surface area (Å²) in [6.45, 7) is 1.76. The van der Waals surface area contributed by atoms with E-state index < -0.39 is 0 Å². The topological polar surface area (TPSA) is 52.6 Å². The van der Waals surface area contributed by atoms with E-state index in [-0.39, 0.29) is 23.8 Å². The van der Waals surface area contributed by atoms with Gasteiger partial charge in [0.2, 0.25) is 5.91 Å². The molecule has 3 atom stereocenters. The molecule has 1 aliphatic heterocycles. The number of carbonyl (C=O) groups is 1. The summed E-state index contributed by atoms with van der Waals surface area (Å²) in [6, 6.07) is 9.78. The molecule has 1 aromatic rings. The fourth-order valence-electron chi connectivity index (χ4n) is 3.46. The van der Waals surface area contributed by atoms with Crippen LogP contribution in [0.3, 0.4) is 0 Å². The third kappa shape index (κ3) is 2.80. The van der Waals surface area contributed by atoms with Gasteiger partial charge in [-0.25, -0.2) is 0 Å². The number of hydrogen-bond acceptors (Lipinski definition) is 3. The molecule has 1 heterocycles. The van der Waals surface area contributed by atoms with Gasteiger partial charge in [-0.3, -0.25) is 4.79 Å². The predicted molar refractivity (Wildman–Crippen MR) is 78.3 cm³/mol. The maximum Gasteiger partial charge on any atom is 0.241 e. The Hall–Kier alpha value is -1.55. The standard InChI is InChI=1S/C16H22N2O2/c19-15(9-17-14-7-2-1-3-8-14)18-10-12-5-4-6-13(11-18)16(12)20/h1-3,7-8,12-13,16-17,20H,4-6,9-11H2/t12-,13+,16?. The number of amides is 1. The lowest BCUT2D eigenvalue weighted by atomic mass is 9.75. The Labute approximate surface area is 119 Å². The number of rotatable bonds is 3. The average Bonchev–Trinajstić information content (AvgIpc) is 2.45. The fraction of sp³-hybridized carbons (Fsp3) is 0.562. The summed E-state index contributed by atoms with van der Waals surface area (Å²) in [5.74, 6) is 0.698. The molecule has 108 valence electrons. The summed E-state index contributed by atoms with van der Waals surface area (Å²) in [6.07, 6.45) is 3.09. The van der Waals surface area contributed by atoms with Crippen molar-refractivity contribution in [3.05, 3.63) is 30.3 Å². The molecule has 3 rings (SSSR count). The van der Waals surface area contributed by atoms with E-state index in [1.165, 1.54) is 6.42 Å². The molecule has 2 aliphatic rings. The van der Waals surface area contributed by atoms with Gasteiger partial charge < -0.3 is 15.3 Å². The molecule has 2 N–H and O–H groups in total. The van der Waals surface area contributed by atoms with Crippen molar-refractivity contribution in [2.45, 2.75) is 25.4 Å². The van der Waals surface area contributed by atoms with Crippen LogP contribution in [0.15, 0.2) is 30.3 Å². The first-order valence-corrected chi connectivity index (χ1v) is 7.49. The van der Waals surface area contributed by atoms with Crippen molar-refractivity contribution in [3.63, 3.8) is 0 Å². The molecular formula is C16H22N2O2. The number of piperidine rings is 1. The normalized spacial score (nSPS) is 29.1. The number of nitrogens with one attached hydrogen (secondary N) is 1. The highest BCUT2D eigenvalue weighted by Gasteiger charge is 2.39. The molecular weight excluding hydrogens is 252 g/mol. The van der Waals surface area contributed by atoms with Crippen molar-refractivity contribution < 1.29 is 9.90 Å². The Bertz CT molecular complexity index is 449. The summed E-state index contributed by atoms with van der Waals surface area (Å²) in [5, 5.41) is 13.3. The average molecular weight is 274 g/mol. The van der Waals surface area contributed by atoms with Crippen LogP contribution in [0.5, 0.6) is 0 Å². The Kier molecular flexibility index (Phi) is 3.92. The van der Waals surface area contributed by atoms with Crippen LogP contribution in [0.4, 0.5) is 5.69 Å². The number of para-hydroxylation sites is 1. The van der Waals surface area contributed by atoms with Crippen molar-refractivity contribution in [2.75, 3.05) is 25.0 Å². The molecule has 4 nitrogen and oxygen atoms in total. The second-order valence-corrected chi connectivity index (χ2v) is 5.96. The van der Waals surface area contributed by atoms with E-state index in [1.807, 2.05) is 35.2 Å². The number of aliphatic hydroxyl groups is 1. The second-order valence-electron chi connectivity index (χ2n) is 5.96. The van der Waals surface area contributed by atoms with Crippen LogP contribution < -0.4 is 5.32 Å². The zero-order chi connectivity index (χ0) is 13.9. The first-order valence-electron chi connectivity index (χ1n) is 7.49. The van der Waals surface area contributed by atoms with E-state index in [0.29, 0.717) is 19.6 Å². The number of anilines is 1. The van der Waals surface area contributed by atoms with Gasteiger partial charge in [-0.1, -0.05) is 24.6 Å². The number of nitrogens with zero attached hydrogens (tertiary/aromatic N) is 1. The minimum Gasteiger partial charge on any atom is -0.392 e. The van der Waals surface area contributed by atoms with Gasteiger partial charge in [0.25, 0.3) is 0 Å².